The highest BCUT2D eigenvalue weighted by atomic mass is 19.1. The minimum absolute atomic E-state index is 0.0472. The van der Waals surface area contributed by atoms with Crippen molar-refractivity contribution in [3.8, 4) is 17.2 Å². The number of aryl methyl sites for hydroxylation is 1. The molecule has 2 atom stereocenters. The van der Waals surface area contributed by atoms with Crippen molar-refractivity contribution < 1.29 is 19.0 Å². The number of phenols is 1. The molecule has 0 spiro atoms. The smallest absolute Gasteiger partial charge is 0.165 e. The van der Waals surface area contributed by atoms with E-state index in [9.17, 15) is 9.50 Å². The number of anilines is 1. The summed E-state index contributed by atoms with van der Waals surface area (Å²) in [5, 5.41) is 13.1. The van der Waals surface area contributed by atoms with Crippen LogP contribution in [0.1, 0.15) is 61.4 Å². The van der Waals surface area contributed by atoms with E-state index in [1.54, 1.807) is 25.3 Å². The molecular weight excluding hydrogens is 467 g/mol. The molecular formula is C31H39FN2O3. The van der Waals surface area contributed by atoms with Crippen molar-refractivity contribution >= 4 is 5.69 Å². The van der Waals surface area contributed by atoms with Gasteiger partial charge in [0.2, 0.25) is 0 Å². The first kappa shape index (κ1) is 26.8. The van der Waals surface area contributed by atoms with Crippen molar-refractivity contribution in [2.45, 2.75) is 52.0 Å². The Hall–Kier alpha value is -3.25. The van der Waals surface area contributed by atoms with E-state index in [2.05, 4.69) is 36.2 Å². The van der Waals surface area contributed by atoms with Gasteiger partial charge in [0.1, 0.15) is 18.1 Å². The highest BCUT2D eigenvalue weighted by Gasteiger charge is 2.27. The summed E-state index contributed by atoms with van der Waals surface area (Å²) in [6, 6.07) is 17.3. The fraction of sp³-hybridized carbons (Fsp3) is 0.419. The third kappa shape index (κ3) is 6.19. The zero-order valence-corrected chi connectivity index (χ0v) is 22.4. The van der Waals surface area contributed by atoms with E-state index in [1.807, 2.05) is 31.2 Å². The zero-order valence-electron chi connectivity index (χ0n) is 22.4. The van der Waals surface area contributed by atoms with E-state index < -0.39 is 0 Å². The van der Waals surface area contributed by atoms with Crippen LogP contribution in [0, 0.1) is 5.82 Å². The molecule has 4 rings (SSSR count). The third-order valence-electron chi connectivity index (χ3n) is 7.44. The number of halogens is 1. The molecule has 0 saturated heterocycles. The lowest BCUT2D eigenvalue weighted by molar-refractivity contribution is 0.299. The quantitative estimate of drug-likeness (QED) is 0.295. The highest BCUT2D eigenvalue weighted by Crippen LogP contribution is 2.42. The second-order valence-corrected chi connectivity index (χ2v) is 9.67. The Balaban J connectivity index is 1.61. The molecule has 2 unspecified atom stereocenters. The van der Waals surface area contributed by atoms with Gasteiger partial charge >= 0.3 is 0 Å². The van der Waals surface area contributed by atoms with Crippen LogP contribution in [-0.4, -0.2) is 38.5 Å². The first-order chi connectivity index (χ1) is 17.9. The van der Waals surface area contributed by atoms with Crippen LogP contribution < -0.4 is 19.7 Å². The van der Waals surface area contributed by atoms with Gasteiger partial charge in [0.05, 0.1) is 13.2 Å². The molecule has 6 heteroatoms. The molecule has 0 radical (unpaired) electrons. The molecule has 0 bridgehead atoms. The monoisotopic (exact) mass is 506 g/mol. The Morgan fingerprint density at radius 1 is 1.08 bits per heavy atom. The van der Waals surface area contributed by atoms with Gasteiger partial charge in [-0.3, -0.25) is 0 Å². The normalized spacial score (nSPS) is 15.6. The van der Waals surface area contributed by atoms with Crippen LogP contribution in [0.5, 0.6) is 17.2 Å². The molecule has 0 amide bonds. The third-order valence-corrected chi connectivity index (χ3v) is 7.44. The van der Waals surface area contributed by atoms with Gasteiger partial charge in [-0.25, -0.2) is 4.39 Å². The maximum absolute atomic E-state index is 14.9. The number of ether oxygens (including phenoxy) is 2. The van der Waals surface area contributed by atoms with E-state index in [-0.39, 0.29) is 17.6 Å². The SMILES string of the molecule is CCNCCOc1ccc(C(C)N(CC)c2cc(OC)ccc2C2CCc3cc(O)ccc3C2)cc1F. The predicted molar refractivity (Wildman–Crippen MR) is 148 cm³/mol. The number of hydrogen-bond donors (Lipinski definition) is 2. The number of hydrogen-bond acceptors (Lipinski definition) is 5. The summed E-state index contributed by atoms with van der Waals surface area (Å²) in [5.74, 6) is 1.43. The molecule has 0 heterocycles. The fourth-order valence-corrected chi connectivity index (χ4v) is 5.39. The molecule has 3 aromatic carbocycles. The Kier molecular flexibility index (Phi) is 8.93. The van der Waals surface area contributed by atoms with Crippen molar-refractivity contribution in [1.82, 2.24) is 5.32 Å². The molecule has 0 fully saturated rings. The summed E-state index contributed by atoms with van der Waals surface area (Å²) in [4.78, 5) is 2.32. The van der Waals surface area contributed by atoms with Crippen LogP contribution in [0.15, 0.2) is 54.6 Å². The summed E-state index contributed by atoms with van der Waals surface area (Å²) in [7, 11) is 1.69. The van der Waals surface area contributed by atoms with Crippen molar-refractivity contribution in [3.63, 3.8) is 0 Å². The highest BCUT2D eigenvalue weighted by molar-refractivity contribution is 5.61. The number of benzene rings is 3. The van der Waals surface area contributed by atoms with Gasteiger partial charge in [-0.2, -0.15) is 0 Å². The second-order valence-electron chi connectivity index (χ2n) is 9.67. The summed E-state index contributed by atoms with van der Waals surface area (Å²) >= 11 is 0. The van der Waals surface area contributed by atoms with Crippen molar-refractivity contribution in [3.05, 3.63) is 82.7 Å². The van der Waals surface area contributed by atoms with Crippen LogP contribution in [0.2, 0.25) is 0 Å². The van der Waals surface area contributed by atoms with Crippen LogP contribution in [-0.2, 0) is 12.8 Å². The topological polar surface area (TPSA) is 54.0 Å². The molecule has 37 heavy (non-hydrogen) atoms. The Morgan fingerprint density at radius 3 is 2.65 bits per heavy atom. The lowest BCUT2D eigenvalue weighted by atomic mass is 9.79. The van der Waals surface area contributed by atoms with E-state index >= 15 is 0 Å². The Morgan fingerprint density at radius 2 is 1.92 bits per heavy atom. The minimum Gasteiger partial charge on any atom is -0.508 e. The molecule has 0 aromatic heterocycles. The van der Waals surface area contributed by atoms with Crippen LogP contribution in [0.3, 0.4) is 0 Å². The summed E-state index contributed by atoms with van der Waals surface area (Å²) in [6.07, 6.45) is 2.87. The largest absolute Gasteiger partial charge is 0.508 e. The Bertz CT molecular complexity index is 1200. The molecule has 1 aliphatic rings. The number of rotatable bonds is 11. The van der Waals surface area contributed by atoms with Gasteiger partial charge in [0.15, 0.2) is 11.6 Å². The van der Waals surface area contributed by atoms with Crippen molar-refractivity contribution in [2.75, 3.05) is 38.3 Å². The number of nitrogens with zero attached hydrogens (tertiary/aromatic N) is 1. The van der Waals surface area contributed by atoms with E-state index in [0.29, 0.717) is 24.8 Å². The lowest BCUT2D eigenvalue weighted by Crippen LogP contribution is -2.28. The number of nitrogens with one attached hydrogen (secondary N) is 1. The van der Waals surface area contributed by atoms with Crippen LogP contribution in [0.4, 0.5) is 10.1 Å². The molecule has 0 aliphatic heterocycles. The summed E-state index contributed by atoms with van der Waals surface area (Å²) in [5.41, 5.74) is 5.82. The predicted octanol–water partition coefficient (Wildman–Crippen LogP) is 6.39. The summed E-state index contributed by atoms with van der Waals surface area (Å²) in [6.45, 7) is 9.02. The lowest BCUT2D eigenvalue weighted by Gasteiger charge is -2.35. The van der Waals surface area contributed by atoms with Gasteiger partial charge in [-0.1, -0.05) is 25.1 Å². The number of likely N-dealkylation sites (N-methyl/N-ethyl adjacent to an activating group) is 1. The van der Waals surface area contributed by atoms with E-state index in [4.69, 9.17) is 9.47 Å². The zero-order chi connectivity index (χ0) is 26.4. The molecule has 3 aromatic rings. The van der Waals surface area contributed by atoms with Gasteiger partial charge in [0.25, 0.3) is 0 Å². The van der Waals surface area contributed by atoms with E-state index in [0.717, 1.165) is 49.4 Å². The molecule has 198 valence electrons. The van der Waals surface area contributed by atoms with Gasteiger partial charge in [-0.15, -0.1) is 0 Å². The van der Waals surface area contributed by atoms with Crippen LogP contribution >= 0.6 is 0 Å². The first-order valence-corrected chi connectivity index (χ1v) is 13.3. The minimum atomic E-state index is -0.338. The van der Waals surface area contributed by atoms with Gasteiger partial charge in [-0.05, 0) is 98.2 Å². The maximum atomic E-state index is 14.9. The van der Waals surface area contributed by atoms with E-state index in [1.165, 1.54) is 16.7 Å². The first-order valence-electron chi connectivity index (χ1n) is 13.3. The van der Waals surface area contributed by atoms with Crippen molar-refractivity contribution in [2.24, 2.45) is 0 Å². The average molecular weight is 507 g/mol. The number of fused-ring (bicyclic) bond motifs is 1. The number of aromatic hydroxyl groups is 1. The second kappa shape index (κ2) is 12.3. The van der Waals surface area contributed by atoms with Gasteiger partial charge < -0.3 is 24.8 Å². The standard InChI is InChI=1S/C31H39FN2O3/c1-5-33-15-16-37-31-14-10-22(19-29(31)32)21(3)34(6-2)30-20-27(36-4)12-13-28(30)25-8-7-24-18-26(35)11-9-23(24)17-25/h9-14,18-21,25,33,35H,5-8,15-17H2,1-4H3. The Labute approximate surface area is 220 Å². The fourth-order valence-electron chi connectivity index (χ4n) is 5.39. The maximum Gasteiger partial charge on any atom is 0.165 e. The summed E-state index contributed by atoms with van der Waals surface area (Å²) < 4.78 is 26.2. The van der Waals surface area contributed by atoms with Gasteiger partial charge in [0, 0.05) is 24.8 Å². The molecule has 0 saturated carbocycles. The average Bonchev–Trinajstić information content (AvgIpc) is 2.91. The molecule has 5 nitrogen and oxygen atoms in total. The van der Waals surface area contributed by atoms with Crippen molar-refractivity contribution in [1.29, 1.82) is 0 Å². The molecule has 2 N–H and O–H groups in total. The number of phenolic OH excluding ortho intramolecular Hbond substituents is 1. The number of methoxy groups -OCH3 is 1. The molecule has 1 aliphatic carbocycles. The van der Waals surface area contributed by atoms with Crippen LogP contribution in [0.25, 0.3) is 0 Å².